The average molecular weight is 356 g/mol. The van der Waals surface area contributed by atoms with Crippen molar-refractivity contribution in [3.05, 3.63) is 71.4 Å². The van der Waals surface area contributed by atoms with Gasteiger partial charge in [-0.3, -0.25) is 0 Å². The maximum Gasteiger partial charge on any atom is 0.141 e. The smallest absolute Gasteiger partial charge is 0.141 e. The summed E-state index contributed by atoms with van der Waals surface area (Å²) in [6.45, 7) is 0. The van der Waals surface area contributed by atoms with Crippen LogP contribution in [0.5, 0.6) is 0 Å². The second-order valence-corrected chi connectivity index (χ2v) is 5.88. The first kappa shape index (κ1) is 14.9. The van der Waals surface area contributed by atoms with Crippen molar-refractivity contribution in [3.8, 4) is 28.3 Å². The number of rotatable bonds is 3. The number of halogens is 2. The van der Waals surface area contributed by atoms with Gasteiger partial charge in [0.1, 0.15) is 16.7 Å². The summed E-state index contributed by atoms with van der Waals surface area (Å²) in [4.78, 5) is 11.5. The van der Waals surface area contributed by atoms with Gasteiger partial charge in [-0.25, -0.2) is 14.6 Å². The molecule has 0 spiro atoms. The summed E-state index contributed by atoms with van der Waals surface area (Å²) in [6, 6.07) is 11.2. The van der Waals surface area contributed by atoms with Crippen LogP contribution in [0.1, 0.15) is 0 Å². The van der Waals surface area contributed by atoms with Crippen molar-refractivity contribution in [2.45, 2.75) is 0 Å². The van der Waals surface area contributed by atoms with Crippen molar-refractivity contribution in [3.63, 3.8) is 0 Å². The van der Waals surface area contributed by atoms with Crippen LogP contribution in [0.25, 0.3) is 28.3 Å². The highest BCUT2D eigenvalue weighted by molar-refractivity contribution is 6.33. The Labute approximate surface area is 147 Å². The topological polar surface area (TPSA) is 59.4 Å². The van der Waals surface area contributed by atoms with Gasteiger partial charge >= 0.3 is 0 Å². The van der Waals surface area contributed by atoms with E-state index in [1.165, 1.54) is 0 Å². The number of pyridine rings is 1. The van der Waals surface area contributed by atoms with E-state index in [1.807, 2.05) is 36.5 Å². The second-order valence-electron chi connectivity index (χ2n) is 5.09. The van der Waals surface area contributed by atoms with E-state index in [4.69, 9.17) is 28.3 Å². The number of aromatic amines is 1. The number of nitrogens with one attached hydrogen (secondary N) is 1. The van der Waals surface area contributed by atoms with Gasteiger partial charge in [0.25, 0.3) is 0 Å². The first-order valence-corrected chi connectivity index (χ1v) is 7.94. The van der Waals surface area contributed by atoms with Crippen LogP contribution < -0.4 is 0 Å². The number of aromatic nitrogens is 5. The summed E-state index contributed by atoms with van der Waals surface area (Å²) in [5, 5.41) is 5.73. The van der Waals surface area contributed by atoms with E-state index >= 15 is 0 Å². The molecule has 0 amide bonds. The van der Waals surface area contributed by atoms with Crippen molar-refractivity contribution < 1.29 is 0 Å². The third-order valence-corrected chi connectivity index (χ3v) is 4.11. The Hall–Kier alpha value is -2.63. The minimum atomic E-state index is 0.404. The molecule has 0 unspecified atom stereocenters. The number of imidazole rings is 1. The largest absolute Gasteiger partial charge is 0.345 e. The molecule has 0 saturated carbocycles. The van der Waals surface area contributed by atoms with Crippen molar-refractivity contribution >= 4 is 23.2 Å². The Morgan fingerprint density at radius 2 is 1.83 bits per heavy atom. The summed E-state index contributed by atoms with van der Waals surface area (Å²) in [5.74, 6) is 0.719. The number of benzene rings is 1. The molecule has 4 aromatic rings. The Morgan fingerprint density at radius 1 is 0.958 bits per heavy atom. The van der Waals surface area contributed by atoms with Crippen LogP contribution in [-0.2, 0) is 0 Å². The van der Waals surface area contributed by atoms with E-state index in [0.717, 1.165) is 28.3 Å². The molecular formula is C17H11Cl2N5. The maximum atomic E-state index is 6.36. The van der Waals surface area contributed by atoms with Gasteiger partial charge in [0.15, 0.2) is 0 Å². The van der Waals surface area contributed by atoms with Crippen molar-refractivity contribution in [2.75, 3.05) is 0 Å². The third kappa shape index (κ3) is 2.68. The fourth-order valence-electron chi connectivity index (χ4n) is 2.48. The molecule has 0 aliphatic heterocycles. The number of hydrogen-bond donors (Lipinski definition) is 1. The van der Waals surface area contributed by atoms with Gasteiger partial charge in [0.2, 0.25) is 0 Å². The summed E-state index contributed by atoms with van der Waals surface area (Å²) >= 11 is 12.4. The van der Waals surface area contributed by atoms with Crippen LogP contribution in [0.2, 0.25) is 10.2 Å². The highest BCUT2D eigenvalue weighted by Crippen LogP contribution is 2.34. The molecular weight excluding hydrogens is 345 g/mol. The fourth-order valence-corrected chi connectivity index (χ4v) is 2.87. The summed E-state index contributed by atoms with van der Waals surface area (Å²) in [6.07, 6.45) is 7.00. The zero-order chi connectivity index (χ0) is 16.5. The van der Waals surface area contributed by atoms with E-state index in [-0.39, 0.29) is 0 Å². The molecule has 118 valence electrons. The van der Waals surface area contributed by atoms with Crippen LogP contribution >= 0.6 is 23.2 Å². The Morgan fingerprint density at radius 3 is 2.58 bits per heavy atom. The standard InChI is InChI=1S/C17H11Cl2N5/c18-14-4-2-1-3-12(14)16-13(17-21-7-8-22-17)10-24(23-16)11-5-6-20-15(19)9-11/h1-10H,(H,21,22). The molecule has 4 rings (SSSR count). The van der Waals surface area contributed by atoms with Gasteiger partial charge in [-0.15, -0.1) is 0 Å². The monoisotopic (exact) mass is 355 g/mol. The molecule has 0 radical (unpaired) electrons. The maximum absolute atomic E-state index is 6.36. The zero-order valence-corrected chi connectivity index (χ0v) is 13.8. The van der Waals surface area contributed by atoms with E-state index in [0.29, 0.717) is 10.2 Å². The molecule has 0 aliphatic rings. The molecule has 0 saturated heterocycles. The number of H-pyrrole nitrogens is 1. The lowest BCUT2D eigenvalue weighted by Gasteiger charge is -2.03. The first-order chi connectivity index (χ1) is 11.7. The lowest BCUT2D eigenvalue weighted by atomic mass is 10.1. The molecule has 3 aromatic heterocycles. The molecule has 0 fully saturated rings. The Bertz CT molecular complexity index is 992. The highest BCUT2D eigenvalue weighted by atomic mass is 35.5. The van der Waals surface area contributed by atoms with Crippen molar-refractivity contribution in [1.29, 1.82) is 0 Å². The van der Waals surface area contributed by atoms with Crippen LogP contribution in [-0.4, -0.2) is 24.7 Å². The first-order valence-electron chi connectivity index (χ1n) is 7.18. The third-order valence-electron chi connectivity index (χ3n) is 3.57. The van der Waals surface area contributed by atoms with Gasteiger partial charge in [0, 0.05) is 36.4 Å². The molecule has 5 nitrogen and oxygen atoms in total. The number of hydrogen-bond acceptors (Lipinski definition) is 3. The molecule has 1 N–H and O–H groups in total. The van der Waals surface area contributed by atoms with Gasteiger partial charge in [-0.05, 0) is 12.1 Å². The SMILES string of the molecule is Clc1cc(-n2cc(-c3ncc[nH]3)c(-c3ccccc3Cl)n2)ccn1. The number of nitrogens with zero attached hydrogens (tertiary/aromatic N) is 4. The summed E-state index contributed by atoms with van der Waals surface area (Å²) < 4.78 is 1.74. The summed E-state index contributed by atoms with van der Waals surface area (Å²) in [5.41, 5.74) is 3.23. The predicted molar refractivity (Wildman–Crippen MR) is 94.4 cm³/mol. The lowest BCUT2D eigenvalue weighted by Crippen LogP contribution is -1.95. The summed E-state index contributed by atoms with van der Waals surface area (Å²) in [7, 11) is 0. The average Bonchev–Trinajstić information content (AvgIpc) is 3.25. The normalized spacial score (nSPS) is 10.9. The van der Waals surface area contributed by atoms with E-state index in [1.54, 1.807) is 29.3 Å². The fraction of sp³-hybridized carbons (Fsp3) is 0. The Balaban J connectivity index is 1.94. The van der Waals surface area contributed by atoms with Crippen LogP contribution in [0.3, 0.4) is 0 Å². The second kappa shape index (κ2) is 6.11. The van der Waals surface area contributed by atoms with Gasteiger partial charge in [0.05, 0.1) is 16.3 Å². The van der Waals surface area contributed by atoms with Crippen LogP contribution in [0, 0.1) is 0 Å². The van der Waals surface area contributed by atoms with Gasteiger partial charge in [-0.2, -0.15) is 5.10 Å². The predicted octanol–water partition coefficient (Wildman–Crippen LogP) is 4.63. The quantitative estimate of drug-likeness (QED) is 0.545. The molecule has 0 atom stereocenters. The molecule has 7 heteroatoms. The van der Waals surface area contributed by atoms with Gasteiger partial charge < -0.3 is 4.98 Å². The van der Waals surface area contributed by atoms with E-state index in [9.17, 15) is 0 Å². The minimum Gasteiger partial charge on any atom is -0.345 e. The highest BCUT2D eigenvalue weighted by Gasteiger charge is 2.17. The molecule has 0 aliphatic carbocycles. The molecule has 1 aromatic carbocycles. The van der Waals surface area contributed by atoms with E-state index in [2.05, 4.69) is 15.0 Å². The van der Waals surface area contributed by atoms with E-state index < -0.39 is 0 Å². The van der Waals surface area contributed by atoms with Crippen LogP contribution in [0.4, 0.5) is 0 Å². The molecule has 24 heavy (non-hydrogen) atoms. The van der Waals surface area contributed by atoms with Gasteiger partial charge in [-0.1, -0.05) is 41.4 Å². The molecule has 3 heterocycles. The Kier molecular flexibility index (Phi) is 3.80. The van der Waals surface area contributed by atoms with Crippen molar-refractivity contribution in [1.82, 2.24) is 24.7 Å². The lowest BCUT2D eigenvalue weighted by molar-refractivity contribution is 0.881. The minimum absolute atomic E-state index is 0.404. The molecule has 0 bridgehead atoms. The van der Waals surface area contributed by atoms with Crippen molar-refractivity contribution in [2.24, 2.45) is 0 Å². The van der Waals surface area contributed by atoms with Crippen LogP contribution in [0.15, 0.2) is 61.2 Å². The zero-order valence-electron chi connectivity index (χ0n) is 12.3.